The third kappa shape index (κ3) is 4.75. The highest BCUT2D eigenvalue weighted by atomic mass is 16.5. The van der Waals surface area contributed by atoms with Crippen LogP contribution in [0.3, 0.4) is 0 Å². The number of carbonyl (C=O) groups excluding carboxylic acids is 2. The number of nitrogens with one attached hydrogen (secondary N) is 2. The summed E-state index contributed by atoms with van der Waals surface area (Å²) < 4.78 is 10.7. The van der Waals surface area contributed by atoms with Gasteiger partial charge in [-0.3, -0.25) is 9.59 Å². The van der Waals surface area contributed by atoms with Crippen LogP contribution in [-0.2, 0) is 4.79 Å². The van der Waals surface area contributed by atoms with Crippen molar-refractivity contribution in [2.75, 3.05) is 12.4 Å². The third-order valence-electron chi connectivity index (χ3n) is 4.07. The predicted molar refractivity (Wildman–Crippen MR) is 98.6 cm³/mol. The van der Waals surface area contributed by atoms with Crippen molar-refractivity contribution in [3.8, 4) is 11.5 Å². The second-order valence-electron chi connectivity index (χ2n) is 6.25. The fourth-order valence-electron chi connectivity index (χ4n) is 2.36. The Kier molecular flexibility index (Phi) is 5.41. The normalized spacial score (nSPS) is 14.2. The van der Waals surface area contributed by atoms with Gasteiger partial charge in [-0.2, -0.15) is 0 Å². The summed E-state index contributed by atoms with van der Waals surface area (Å²) in [5.41, 5.74) is 1.19. The van der Waals surface area contributed by atoms with E-state index in [4.69, 9.17) is 9.47 Å². The molecule has 1 atom stereocenters. The van der Waals surface area contributed by atoms with Crippen LogP contribution in [0.1, 0.15) is 30.1 Å². The zero-order valence-corrected chi connectivity index (χ0v) is 14.8. The highest BCUT2D eigenvalue weighted by Gasteiger charge is 2.23. The van der Waals surface area contributed by atoms with Crippen molar-refractivity contribution in [3.63, 3.8) is 0 Å². The Morgan fingerprint density at radius 2 is 1.62 bits per heavy atom. The minimum Gasteiger partial charge on any atom is -0.497 e. The van der Waals surface area contributed by atoms with Crippen LogP contribution >= 0.6 is 0 Å². The molecule has 0 heterocycles. The first-order valence-corrected chi connectivity index (χ1v) is 8.57. The lowest BCUT2D eigenvalue weighted by Crippen LogP contribution is -2.30. The molecule has 0 aromatic heterocycles. The maximum Gasteiger partial charge on any atom is 0.265 e. The summed E-state index contributed by atoms with van der Waals surface area (Å²) in [6.45, 7) is 1.68. The summed E-state index contributed by atoms with van der Waals surface area (Å²) in [6.07, 6.45) is 1.43. The van der Waals surface area contributed by atoms with E-state index in [0.29, 0.717) is 23.0 Å². The molecule has 1 saturated carbocycles. The van der Waals surface area contributed by atoms with Crippen molar-refractivity contribution in [2.45, 2.75) is 31.9 Å². The second kappa shape index (κ2) is 7.91. The molecule has 26 heavy (non-hydrogen) atoms. The van der Waals surface area contributed by atoms with Gasteiger partial charge >= 0.3 is 0 Å². The highest BCUT2D eigenvalue weighted by molar-refractivity contribution is 5.97. The van der Waals surface area contributed by atoms with Gasteiger partial charge in [0, 0.05) is 17.3 Å². The van der Waals surface area contributed by atoms with Gasteiger partial charge < -0.3 is 20.1 Å². The molecule has 0 aliphatic heterocycles. The zero-order valence-electron chi connectivity index (χ0n) is 14.8. The Labute approximate surface area is 152 Å². The molecule has 6 heteroatoms. The Bertz CT molecular complexity index is 767. The molecule has 1 unspecified atom stereocenters. The first-order valence-electron chi connectivity index (χ1n) is 8.57. The lowest BCUT2D eigenvalue weighted by molar-refractivity contribution is -0.122. The van der Waals surface area contributed by atoms with Crippen molar-refractivity contribution in [1.29, 1.82) is 0 Å². The number of ether oxygens (including phenoxy) is 2. The lowest BCUT2D eigenvalue weighted by atomic mass is 10.2. The lowest BCUT2D eigenvalue weighted by Gasteiger charge is -2.15. The number of anilines is 1. The van der Waals surface area contributed by atoms with Gasteiger partial charge in [0.05, 0.1) is 7.11 Å². The van der Waals surface area contributed by atoms with E-state index in [1.165, 1.54) is 0 Å². The van der Waals surface area contributed by atoms with Crippen LogP contribution in [0.5, 0.6) is 11.5 Å². The average molecular weight is 354 g/mol. The Hall–Kier alpha value is -3.02. The minimum absolute atomic E-state index is 0.0819. The van der Waals surface area contributed by atoms with E-state index >= 15 is 0 Å². The van der Waals surface area contributed by atoms with Crippen molar-refractivity contribution < 1.29 is 19.1 Å². The maximum absolute atomic E-state index is 12.3. The van der Waals surface area contributed by atoms with Gasteiger partial charge in [0.1, 0.15) is 11.5 Å². The second-order valence-corrected chi connectivity index (χ2v) is 6.25. The van der Waals surface area contributed by atoms with Crippen molar-refractivity contribution in [2.24, 2.45) is 0 Å². The smallest absolute Gasteiger partial charge is 0.265 e. The number of carbonyl (C=O) groups is 2. The summed E-state index contributed by atoms with van der Waals surface area (Å²) in [5, 5.41) is 5.71. The number of rotatable bonds is 7. The predicted octanol–water partition coefficient (Wildman–Crippen LogP) is 2.99. The molecular weight excluding hydrogens is 332 g/mol. The van der Waals surface area contributed by atoms with Gasteiger partial charge in [-0.05, 0) is 68.3 Å². The van der Waals surface area contributed by atoms with Crippen LogP contribution in [-0.4, -0.2) is 31.1 Å². The molecule has 0 bridgehead atoms. The van der Waals surface area contributed by atoms with Crippen LogP contribution < -0.4 is 20.1 Å². The number of amides is 2. The van der Waals surface area contributed by atoms with Gasteiger partial charge in [-0.15, -0.1) is 0 Å². The number of methoxy groups -OCH3 is 1. The van der Waals surface area contributed by atoms with Crippen LogP contribution in [0.15, 0.2) is 48.5 Å². The third-order valence-corrected chi connectivity index (χ3v) is 4.07. The number of hydrogen-bond acceptors (Lipinski definition) is 4. The fraction of sp³-hybridized carbons (Fsp3) is 0.300. The monoisotopic (exact) mass is 354 g/mol. The molecule has 1 fully saturated rings. The molecule has 0 spiro atoms. The number of benzene rings is 2. The van der Waals surface area contributed by atoms with E-state index in [1.54, 1.807) is 62.6 Å². The molecule has 2 aromatic rings. The topological polar surface area (TPSA) is 76.7 Å². The molecule has 1 aliphatic rings. The summed E-state index contributed by atoms with van der Waals surface area (Å²) in [6, 6.07) is 14.2. The Balaban J connectivity index is 1.53. The molecule has 2 N–H and O–H groups in total. The van der Waals surface area contributed by atoms with Gasteiger partial charge in [-0.25, -0.2) is 0 Å². The van der Waals surface area contributed by atoms with Crippen LogP contribution in [0, 0.1) is 0 Å². The Morgan fingerprint density at radius 3 is 2.19 bits per heavy atom. The average Bonchev–Trinajstić information content (AvgIpc) is 3.46. The van der Waals surface area contributed by atoms with E-state index in [-0.39, 0.29) is 11.8 Å². The Morgan fingerprint density at radius 1 is 1.00 bits per heavy atom. The minimum atomic E-state index is -0.666. The van der Waals surface area contributed by atoms with Crippen LogP contribution in [0.4, 0.5) is 5.69 Å². The molecule has 0 radical (unpaired) electrons. The first kappa shape index (κ1) is 17.8. The molecule has 3 rings (SSSR count). The largest absolute Gasteiger partial charge is 0.497 e. The van der Waals surface area contributed by atoms with Gasteiger partial charge in [0.15, 0.2) is 6.10 Å². The molecule has 2 amide bonds. The number of hydrogen-bond donors (Lipinski definition) is 2. The van der Waals surface area contributed by atoms with Gasteiger partial charge in [0.25, 0.3) is 11.8 Å². The SMILES string of the molecule is COc1ccc(OC(C)C(=O)Nc2ccc(C(=O)NC3CC3)cc2)cc1. The highest BCUT2D eigenvalue weighted by Crippen LogP contribution is 2.20. The van der Waals surface area contributed by atoms with Crippen molar-refractivity contribution in [3.05, 3.63) is 54.1 Å². The summed E-state index contributed by atoms with van der Waals surface area (Å²) in [4.78, 5) is 24.2. The maximum atomic E-state index is 12.3. The van der Waals surface area contributed by atoms with E-state index in [2.05, 4.69) is 10.6 Å². The van der Waals surface area contributed by atoms with E-state index in [0.717, 1.165) is 18.6 Å². The van der Waals surface area contributed by atoms with E-state index < -0.39 is 6.10 Å². The van der Waals surface area contributed by atoms with E-state index in [1.807, 2.05) is 0 Å². The quantitative estimate of drug-likeness (QED) is 0.801. The molecule has 0 saturated heterocycles. The molecule has 1 aliphatic carbocycles. The van der Waals surface area contributed by atoms with Crippen molar-refractivity contribution in [1.82, 2.24) is 5.32 Å². The van der Waals surface area contributed by atoms with Gasteiger partial charge in [0.2, 0.25) is 0 Å². The first-order chi connectivity index (χ1) is 12.5. The summed E-state index contributed by atoms with van der Waals surface area (Å²) >= 11 is 0. The zero-order chi connectivity index (χ0) is 18.5. The molecule has 136 valence electrons. The fourth-order valence-corrected chi connectivity index (χ4v) is 2.36. The van der Waals surface area contributed by atoms with Crippen LogP contribution in [0.2, 0.25) is 0 Å². The van der Waals surface area contributed by atoms with E-state index in [9.17, 15) is 9.59 Å². The molecular formula is C20H22N2O4. The molecule has 6 nitrogen and oxygen atoms in total. The van der Waals surface area contributed by atoms with Gasteiger partial charge in [-0.1, -0.05) is 0 Å². The van der Waals surface area contributed by atoms with Crippen molar-refractivity contribution >= 4 is 17.5 Å². The molecule has 2 aromatic carbocycles. The summed E-state index contributed by atoms with van der Waals surface area (Å²) in [7, 11) is 1.59. The standard InChI is InChI=1S/C20H22N2O4/c1-13(26-18-11-9-17(25-2)10-12-18)19(23)21-15-5-3-14(4-6-15)20(24)22-16-7-8-16/h3-6,9-13,16H,7-8H2,1-2H3,(H,21,23)(H,22,24). The van der Waals surface area contributed by atoms with Crippen LogP contribution in [0.25, 0.3) is 0 Å². The summed E-state index contributed by atoms with van der Waals surface area (Å²) in [5.74, 6) is 0.957.